The average Bonchev–Trinajstić information content (AvgIpc) is 2.57. The fraction of sp³-hybridized carbons (Fsp3) is 0.864. The van der Waals surface area contributed by atoms with E-state index in [4.69, 9.17) is 4.74 Å². The molecule has 0 N–H and O–H groups in total. The van der Waals surface area contributed by atoms with Crippen LogP contribution in [-0.2, 0) is 9.53 Å². The maximum Gasteiger partial charge on any atom is 0.333 e. The van der Waals surface area contributed by atoms with Crippen LogP contribution in [0.15, 0.2) is 11.1 Å². The molecule has 0 amide bonds. The molecule has 2 nitrogen and oxygen atoms in total. The number of ether oxygens (including phenoxy) is 1. The zero-order valence-electron chi connectivity index (χ0n) is 16.9. The Bertz CT molecular complexity index is 327. The number of allylic oxidation sites excluding steroid dienone is 1. The lowest BCUT2D eigenvalue weighted by atomic mass is 10.0. The van der Waals surface area contributed by atoms with Crippen LogP contribution in [0.25, 0.3) is 0 Å². The largest absolute Gasteiger partial charge is 0.466 e. The second-order valence-electron chi connectivity index (χ2n) is 7.32. The van der Waals surface area contributed by atoms with E-state index in [2.05, 4.69) is 6.92 Å². The van der Waals surface area contributed by atoms with E-state index >= 15 is 0 Å². The molecule has 2 heteroatoms. The highest BCUT2D eigenvalue weighted by Crippen LogP contribution is 2.17. The monoisotopic (exact) mass is 338 g/mol. The first-order chi connectivity index (χ1) is 11.6. The molecule has 0 unspecified atom stereocenters. The Morgan fingerprint density at radius 2 is 1.04 bits per heavy atom. The van der Waals surface area contributed by atoms with Crippen molar-refractivity contribution in [2.75, 3.05) is 7.11 Å². The Kier molecular flexibility index (Phi) is 16.5. The standard InChI is InChI=1S/C22H42O2/c1-5-6-7-8-9-10-11-12-13-14-15-16-17-18-19-21(20(2)3)22(23)24-4/h5-19H2,1-4H3. The van der Waals surface area contributed by atoms with Crippen LogP contribution >= 0.6 is 0 Å². The van der Waals surface area contributed by atoms with E-state index in [-0.39, 0.29) is 5.97 Å². The molecule has 24 heavy (non-hydrogen) atoms. The minimum absolute atomic E-state index is 0.148. The van der Waals surface area contributed by atoms with Gasteiger partial charge in [0.1, 0.15) is 0 Å². The molecule has 0 heterocycles. The summed E-state index contributed by atoms with van der Waals surface area (Å²) in [4.78, 5) is 11.6. The van der Waals surface area contributed by atoms with Gasteiger partial charge in [-0.05, 0) is 26.7 Å². The SMILES string of the molecule is CCCCCCCCCCCCCCCCC(C(=O)OC)=C(C)C. The van der Waals surface area contributed by atoms with Crippen LogP contribution in [0.2, 0.25) is 0 Å². The first-order valence-electron chi connectivity index (χ1n) is 10.4. The second-order valence-corrected chi connectivity index (χ2v) is 7.32. The smallest absolute Gasteiger partial charge is 0.333 e. The van der Waals surface area contributed by atoms with Gasteiger partial charge in [0, 0.05) is 5.57 Å². The van der Waals surface area contributed by atoms with E-state index in [9.17, 15) is 4.79 Å². The summed E-state index contributed by atoms with van der Waals surface area (Å²) in [7, 11) is 1.47. The number of carbonyl (C=O) groups excluding carboxylic acids is 1. The van der Waals surface area contributed by atoms with Gasteiger partial charge in [-0.25, -0.2) is 4.79 Å². The van der Waals surface area contributed by atoms with Crippen LogP contribution in [0.3, 0.4) is 0 Å². The Morgan fingerprint density at radius 1 is 0.667 bits per heavy atom. The summed E-state index contributed by atoms with van der Waals surface area (Å²) in [5.41, 5.74) is 1.97. The minimum atomic E-state index is -0.148. The molecule has 0 radical (unpaired) electrons. The van der Waals surface area contributed by atoms with Crippen molar-refractivity contribution in [3.8, 4) is 0 Å². The summed E-state index contributed by atoms with van der Waals surface area (Å²) in [5.74, 6) is -0.148. The number of rotatable bonds is 16. The number of esters is 1. The number of hydrogen-bond donors (Lipinski definition) is 0. The number of methoxy groups -OCH3 is 1. The quantitative estimate of drug-likeness (QED) is 0.167. The van der Waals surface area contributed by atoms with Gasteiger partial charge in [0.2, 0.25) is 0 Å². The highest BCUT2D eigenvalue weighted by molar-refractivity contribution is 5.89. The van der Waals surface area contributed by atoms with Crippen molar-refractivity contribution in [2.45, 2.75) is 117 Å². The molecule has 0 aliphatic rings. The van der Waals surface area contributed by atoms with Gasteiger partial charge in [0.25, 0.3) is 0 Å². The van der Waals surface area contributed by atoms with Crippen LogP contribution in [-0.4, -0.2) is 13.1 Å². The van der Waals surface area contributed by atoms with Gasteiger partial charge in [-0.3, -0.25) is 0 Å². The number of hydrogen-bond acceptors (Lipinski definition) is 2. The summed E-state index contributed by atoms with van der Waals surface area (Å²) in [6, 6.07) is 0. The van der Waals surface area contributed by atoms with Gasteiger partial charge >= 0.3 is 5.97 Å². The molecule has 0 saturated heterocycles. The lowest BCUT2D eigenvalue weighted by Crippen LogP contribution is -2.06. The van der Waals surface area contributed by atoms with E-state index in [1.165, 1.54) is 90.6 Å². The maximum absolute atomic E-state index is 11.6. The second kappa shape index (κ2) is 17.0. The highest BCUT2D eigenvalue weighted by Gasteiger charge is 2.10. The normalized spacial score (nSPS) is 10.7. The third-order valence-electron chi connectivity index (χ3n) is 4.82. The minimum Gasteiger partial charge on any atom is -0.466 e. The van der Waals surface area contributed by atoms with Crippen LogP contribution in [0, 0.1) is 0 Å². The van der Waals surface area contributed by atoms with Crippen LogP contribution in [0.1, 0.15) is 117 Å². The zero-order chi connectivity index (χ0) is 18.0. The van der Waals surface area contributed by atoms with Gasteiger partial charge in [-0.1, -0.05) is 96.0 Å². The molecule has 142 valence electrons. The number of carbonyl (C=O) groups is 1. The van der Waals surface area contributed by atoms with E-state index in [0.29, 0.717) is 0 Å². The third kappa shape index (κ3) is 13.6. The molecule has 0 aliphatic heterocycles. The van der Waals surface area contributed by atoms with E-state index in [0.717, 1.165) is 24.0 Å². The maximum atomic E-state index is 11.6. The summed E-state index contributed by atoms with van der Waals surface area (Å²) >= 11 is 0. The molecular weight excluding hydrogens is 296 g/mol. The first-order valence-corrected chi connectivity index (χ1v) is 10.4. The molecule has 0 saturated carbocycles. The molecule has 0 spiro atoms. The highest BCUT2D eigenvalue weighted by atomic mass is 16.5. The fourth-order valence-corrected chi connectivity index (χ4v) is 3.18. The summed E-state index contributed by atoms with van der Waals surface area (Å²) in [5, 5.41) is 0. The molecular formula is C22H42O2. The molecule has 0 atom stereocenters. The van der Waals surface area contributed by atoms with Crippen molar-refractivity contribution >= 4 is 5.97 Å². The van der Waals surface area contributed by atoms with Crippen molar-refractivity contribution < 1.29 is 9.53 Å². The van der Waals surface area contributed by atoms with Crippen LogP contribution < -0.4 is 0 Å². The van der Waals surface area contributed by atoms with Crippen molar-refractivity contribution in [2.24, 2.45) is 0 Å². The van der Waals surface area contributed by atoms with E-state index in [1.807, 2.05) is 13.8 Å². The van der Waals surface area contributed by atoms with Gasteiger partial charge < -0.3 is 4.74 Å². The van der Waals surface area contributed by atoms with E-state index < -0.39 is 0 Å². The van der Waals surface area contributed by atoms with Gasteiger partial charge in [-0.15, -0.1) is 0 Å². The summed E-state index contributed by atoms with van der Waals surface area (Å²) in [6.45, 7) is 6.27. The van der Waals surface area contributed by atoms with Crippen molar-refractivity contribution in [1.29, 1.82) is 0 Å². The predicted molar refractivity (Wildman–Crippen MR) is 105 cm³/mol. The lowest BCUT2D eigenvalue weighted by molar-refractivity contribution is -0.136. The Balaban J connectivity index is 3.37. The van der Waals surface area contributed by atoms with Crippen molar-refractivity contribution in [1.82, 2.24) is 0 Å². The predicted octanol–water partition coefficient (Wildman–Crippen LogP) is 7.37. The van der Waals surface area contributed by atoms with Crippen LogP contribution in [0.4, 0.5) is 0 Å². The number of unbranched alkanes of at least 4 members (excludes halogenated alkanes) is 13. The summed E-state index contributed by atoms with van der Waals surface area (Å²) in [6.07, 6.45) is 20.0. The molecule has 0 aromatic rings. The molecule has 0 rings (SSSR count). The Labute approximate surface area is 151 Å². The average molecular weight is 339 g/mol. The zero-order valence-corrected chi connectivity index (χ0v) is 16.9. The van der Waals surface area contributed by atoms with Crippen molar-refractivity contribution in [3.05, 3.63) is 11.1 Å². The lowest BCUT2D eigenvalue weighted by Gasteiger charge is -2.07. The Morgan fingerprint density at radius 3 is 1.38 bits per heavy atom. The molecule has 0 bridgehead atoms. The molecule has 0 fully saturated rings. The Hall–Kier alpha value is -0.790. The van der Waals surface area contributed by atoms with Crippen molar-refractivity contribution in [3.63, 3.8) is 0 Å². The fourth-order valence-electron chi connectivity index (χ4n) is 3.18. The molecule has 0 aromatic heterocycles. The van der Waals surface area contributed by atoms with Gasteiger partial charge in [0.05, 0.1) is 7.11 Å². The van der Waals surface area contributed by atoms with Crippen LogP contribution in [0.5, 0.6) is 0 Å². The van der Waals surface area contributed by atoms with Gasteiger partial charge in [-0.2, -0.15) is 0 Å². The van der Waals surface area contributed by atoms with E-state index in [1.54, 1.807) is 0 Å². The molecule has 0 aliphatic carbocycles. The molecule has 0 aromatic carbocycles. The topological polar surface area (TPSA) is 26.3 Å². The van der Waals surface area contributed by atoms with Gasteiger partial charge in [0.15, 0.2) is 0 Å². The third-order valence-corrected chi connectivity index (χ3v) is 4.82. The first kappa shape index (κ1) is 23.2. The summed E-state index contributed by atoms with van der Waals surface area (Å²) < 4.78 is 4.85.